The number of amides is 1. The molecule has 0 aliphatic heterocycles. The Morgan fingerprint density at radius 1 is 1.38 bits per heavy atom. The number of benzene rings is 1. The predicted molar refractivity (Wildman–Crippen MR) is 75.4 cm³/mol. The summed E-state index contributed by atoms with van der Waals surface area (Å²) in [5.41, 5.74) is 0.585. The van der Waals surface area contributed by atoms with Crippen LogP contribution in [0.5, 0.6) is 0 Å². The third-order valence-electron chi connectivity index (χ3n) is 2.66. The Balaban J connectivity index is 2.45. The van der Waals surface area contributed by atoms with Crippen molar-refractivity contribution in [3.8, 4) is 0 Å². The first kappa shape index (κ1) is 16.6. The van der Waals surface area contributed by atoms with Crippen LogP contribution in [-0.2, 0) is 16.1 Å². The molecule has 0 aliphatic carbocycles. The zero-order valence-corrected chi connectivity index (χ0v) is 11.9. The van der Waals surface area contributed by atoms with Crippen molar-refractivity contribution in [3.63, 3.8) is 0 Å². The Hall–Kier alpha value is -2.44. The van der Waals surface area contributed by atoms with E-state index in [-0.39, 0.29) is 18.2 Å². The Morgan fingerprint density at radius 2 is 2.00 bits per heavy atom. The van der Waals surface area contributed by atoms with Gasteiger partial charge in [0.05, 0.1) is 11.0 Å². The zero-order valence-electron chi connectivity index (χ0n) is 11.9. The van der Waals surface area contributed by atoms with Crippen LogP contribution in [0, 0.1) is 16.0 Å². The molecule has 0 spiro atoms. The highest BCUT2D eigenvalue weighted by Gasteiger charge is 2.15. The number of nitro benzene ring substituents is 1. The third-order valence-corrected chi connectivity index (χ3v) is 2.66. The van der Waals surface area contributed by atoms with Gasteiger partial charge in [-0.05, 0) is 30.0 Å². The van der Waals surface area contributed by atoms with Gasteiger partial charge in [-0.1, -0.05) is 13.8 Å². The van der Waals surface area contributed by atoms with E-state index in [1.54, 1.807) is 6.29 Å². The fourth-order valence-electron chi connectivity index (χ4n) is 1.65. The summed E-state index contributed by atoms with van der Waals surface area (Å²) >= 11 is 0. The van der Waals surface area contributed by atoms with E-state index in [0.29, 0.717) is 12.0 Å². The number of nitrogens with one attached hydrogen (secondary N) is 1. The van der Waals surface area contributed by atoms with Crippen LogP contribution >= 0.6 is 0 Å². The summed E-state index contributed by atoms with van der Waals surface area (Å²) in [4.78, 5) is 32.2. The minimum atomic E-state index is -0.720. The first-order valence-corrected chi connectivity index (χ1v) is 6.46. The SMILES string of the molecule is CC(C)C[C@@H]([C]=O)NC(=O)OCc1ccc([N+](=O)[O-])cc1. The van der Waals surface area contributed by atoms with E-state index in [9.17, 15) is 19.7 Å². The van der Waals surface area contributed by atoms with E-state index in [0.717, 1.165) is 0 Å². The van der Waals surface area contributed by atoms with E-state index in [1.165, 1.54) is 24.3 Å². The highest BCUT2D eigenvalue weighted by Crippen LogP contribution is 2.12. The maximum absolute atomic E-state index is 11.5. The lowest BCUT2D eigenvalue weighted by Crippen LogP contribution is -2.37. The standard InChI is InChI=1S/C14H17N2O5/c1-10(2)7-12(8-17)15-14(18)21-9-11-3-5-13(6-4-11)16(19)20/h3-6,10,12H,7,9H2,1-2H3,(H,15,18)/t12-/m0/s1. The van der Waals surface area contributed by atoms with Crippen molar-refractivity contribution in [3.05, 3.63) is 39.9 Å². The lowest BCUT2D eigenvalue weighted by Gasteiger charge is -2.14. The lowest BCUT2D eigenvalue weighted by atomic mass is 10.1. The van der Waals surface area contributed by atoms with E-state index < -0.39 is 17.1 Å². The predicted octanol–water partition coefficient (Wildman–Crippen LogP) is 2.35. The number of hydrogen-bond donors (Lipinski definition) is 1. The molecule has 7 nitrogen and oxygen atoms in total. The van der Waals surface area contributed by atoms with Crippen LogP contribution in [0.2, 0.25) is 0 Å². The van der Waals surface area contributed by atoms with E-state index >= 15 is 0 Å². The van der Waals surface area contributed by atoms with Crippen LogP contribution < -0.4 is 5.32 Å². The molecule has 0 heterocycles. The highest BCUT2D eigenvalue weighted by molar-refractivity contribution is 5.73. The molecular formula is C14H17N2O5. The number of carbonyl (C=O) groups excluding carboxylic acids is 2. The summed E-state index contributed by atoms with van der Waals surface area (Å²) in [6.45, 7) is 3.82. The monoisotopic (exact) mass is 293 g/mol. The van der Waals surface area contributed by atoms with Gasteiger partial charge >= 0.3 is 6.09 Å². The van der Waals surface area contributed by atoms with Gasteiger partial charge < -0.3 is 10.1 Å². The second kappa shape index (κ2) is 7.98. The average molecular weight is 293 g/mol. The van der Waals surface area contributed by atoms with Crippen molar-refractivity contribution < 1.29 is 19.2 Å². The third kappa shape index (κ3) is 6.03. The van der Waals surface area contributed by atoms with Crippen LogP contribution in [0.4, 0.5) is 10.5 Å². The molecule has 0 saturated heterocycles. The minimum absolute atomic E-state index is 0.0307. The van der Waals surface area contributed by atoms with Gasteiger partial charge in [0.1, 0.15) is 6.61 Å². The fraction of sp³-hybridized carbons (Fsp3) is 0.429. The largest absolute Gasteiger partial charge is 0.445 e. The second-order valence-electron chi connectivity index (χ2n) is 4.94. The van der Waals surface area contributed by atoms with Crippen LogP contribution in [0.15, 0.2) is 24.3 Å². The maximum atomic E-state index is 11.5. The van der Waals surface area contributed by atoms with Crippen molar-refractivity contribution in [2.45, 2.75) is 32.9 Å². The number of alkyl carbamates (subject to hydrolysis) is 1. The molecule has 0 aliphatic rings. The Kier molecular flexibility index (Phi) is 6.32. The summed E-state index contributed by atoms with van der Waals surface area (Å²) in [5.74, 6) is 0.242. The molecule has 1 rings (SSSR count). The summed E-state index contributed by atoms with van der Waals surface area (Å²) in [6, 6.07) is 4.97. The number of non-ortho nitro benzene ring substituents is 1. The molecule has 1 N–H and O–H groups in total. The summed E-state index contributed by atoms with van der Waals surface area (Å²) in [6.07, 6.45) is 1.51. The Morgan fingerprint density at radius 3 is 2.48 bits per heavy atom. The van der Waals surface area contributed by atoms with E-state index in [2.05, 4.69) is 5.32 Å². The number of rotatable bonds is 7. The van der Waals surface area contributed by atoms with Gasteiger partial charge in [0.2, 0.25) is 6.29 Å². The van der Waals surface area contributed by atoms with E-state index in [1.807, 2.05) is 13.8 Å². The number of hydrogen-bond acceptors (Lipinski definition) is 5. The van der Waals surface area contributed by atoms with E-state index in [4.69, 9.17) is 4.74 Å². The molecule has 0 saturated carbocycles. The molecule has 0 fully saturated rings. The first-order chi connectivity index (χ1) is 9.92. The van der Waals surface area contributed by atoms with Crippen molar-refractivity contribution in [1.82, 2.24) is 5.32 Å². The molecule has 1 atom stereocenters. The van der Waals surface area contributed by atoms with Gasteiger partial charge in [0.15, 0.2) is 0 Å². The Labute approximate surface area is 122 Å². The zero-order chi connectivity index (χ0) is 15.8. The van der Waals surface area contributed by atoms with Gasteiger partial charge in [-0.2, -0.15) is 0 Å². The van der Waals surface area contributed by atoms with Crippen molar-refractivity contribution in [1.29, 1.82) is 0 Å². The number of carbonyl (C=O) groups is 1. The summed E-state index contributed by atoms with van der Waals surface area (Å²) in [5, 5.41) is 12.9. The number of ether oxygens (including phenoxy) is 1. The van der Waals surface area contributed by atoms with Crippen molar-refractivity contribution in [2.24, 2.45) is 5.92 Å². The molecule has 1 amide bonds. The molecule has 7 heteroatoms. The highest BCUT2D eigenvalue weighted by atomic mass is 16.6. The summed E-state index contributed by atoms with van der Waals surface area (Å²) < 4.78 is 4.94. The molecule has 1 aromatic carbocycles. The topological polar surface area (TPSA) is 98.5 Å². The van der Waals surface area contributed by atoms with Crippen LogP contribution in [0.3, 0.4) is 0 Å². The van der Waals surface area contributed by atoms with Crippen molar-refractivity contribution in [2.75, 3.05) is 0 Å². The lowest BCUT2D eigenvalue weighted by molar-refractivity contribution is -0.384. The second-order valence-corrected chi connectivity index (χ2v) is 4.94. The minimum Gasteiger partial charge on any atom is -0.445 e. The molecule has 1 radical (unpaired) electrons. The number of nitrogens with zero attached hydrogens (tertiary/aromatic N) is 1. The first-order valence-electron chi connectivity index (χ1n) is 6.46. The molecule has 0 aromatic heterocycles. The smallest absolute Gasteiger partial charge is 0.408 e. The van der Waals surface area contributed by atoms with Crippen LogP contribution in [0.1, 0.15) is 25.8 Å². The van der Waals surface area contributed by atoms with Crippen LogP contribution in [-0.4, -0.2) is 23.3 Å². The fourth-order valence-corrected chi connectivity index (χ4v) is 1.65. The van der Waals surface area contributed by atoms with Gasteiger partial charge in [0.25, 0.3) is 5.69 Å². The normalized spacial score (nSPS) is 11.8. The Bertz CT molecular complexity index is 499. The van der Waals surface area contributed by atoms with Gasteiger partial charge in [0, 0.05) is 12.1 Å². The van der Waals surface area contributed by atoms with Gasteiger partial charge in [-0.3, -0.25) is 14.9 Å². The maximum Gasteiger partial charge on any atom is 0.408 e. The molecule has 21 heavy (non-hydrogen) atoms. The summed E-state index contributed by atoms with van der Waals surface area (Å²) in [7, 11) is 0. The number of nitro groups is 1. The molecule has 1 aromatic rings. The quantitative estimate of drug-likeness (QED) is 0.614. The molecular weight excluding hydrogens is 276 g/mol. The van der Waals surface area contributed by atoms with Gasteiger partial charge in [-0.25, -0.2) is 4.79 Å². The molecule has 0 bridgehead atoms. The van der Waals surface area contributed by atoms with Crippen molar-refractivity contribution >= 4 is 18.1 Å². The molecule has 0 unspecified atom stereocenters. The molecule has 113 valence electrons. The van der Waals surface area contributed by atoms with Gasteiger partial charge in [-0.15, -0.1) is 0 Å². The average Bonchev–Trinajstić information content (AvgIpc) is 2.44. The van der Waals surface area contributed by atoms with Crippen LogP contribution in [0.25, 0.3) is 0 Å².